The van der Waals surface area contributed by atoms with Gasteiger partial charge in [0.05, 0.1) is 34.2 Å². The van der Waals surface area contributed by atoms with Gasteiger partial charge in [-0.25, -0.2) is 9.18 Å². The molecule has 6 rings (SSSR count). The zero-order valence-corrected chi connectivity index (χ0v) is 38.4. The summed E-state index contributed by atoms with van der Waals surface area (Å²) in [6, 6.07) is 16.5. The second-order valence-corrected chi connectivity index (χ2v) is 23.9. The fourth-order valence-electron chi connectivity index (χ4n) is 7.45. The molecule has 1 atom stereocenters. The van der Waals surface area contributed by atoms with E-state index in [0.29, 0.717) is 57.9 Å². The van der Waals surface area contributed by atoms with Gasteiger partial charge in [-0.1, -0.05) is 39.0 Å². The minimum absolute atomic E-state index is 0.0179. The first-order valence-electron chi connectivity index (χ1n) is 20.5. The van der Waals surface area contributed by atoms with Gasteiger partial charge < -0.3 is 44.6 Å². The summed E-state index contributed by atoms with van der Waals surface area (Å²) in [6.07, 6.45) is 2.11. The molecule has 3 aromatic heterocycles. The number of esters is 1. The van der Waals surface area contributed by atoms with Crippen LogP contribution in [-0.2, 0) is 30.9 Å². The number of phenolic OH excluding ortho intramolecular Hbond substituents is 1. The van der Waals surface area contributed by atoms with Crippen molar-refractivity contribution in [2.24, 2.45) is 0 Å². The van der Waals surface area contributed by atoms with Crippen LogP contribution in [0.1, 0.15) is 79.9 Å². The lowest BCUT2D eigenvalue weighted by Gasteiger charge is -2.39. The Kier molecular flexibility index (Phi) is 14.6. The molecule has 328 valence electrons. The van der Waals surface area contributed by atoms with E-state index in [1.54, 1.807) is 42.5 Å². The van der Waals surface area contributed by atoms with E-state index in [0.717, 1.165) is 18.4 Å². The van der Waals surface area contributed by atoms with Crippen LogP contribution in [0, 0.1) is 5.82 Å². The fraction of sp³-hybridized carbons (Fsp3) is 0.444. The Morgan fingerprint density at radius 1 is 1.02 bits per heavy atom. The Bertz CT molecular complexity index is 2310. The third kappa shape index (κ3) is 10.6. The lowest BCUT2D eigenvalue weighted by molar-refractivity contribution is -0.169. The number of halogens is 1. The number of thiophene rings is 2. The average molecular weight is 893 g/mol. The van der Waals surface area contributed by atoms with Gasteiger partial charge in [0.2, 0.25) is 17.1 Å². The van der Waals surface area contributed by atoms with Gasteiger partial charge in [-0.3, -0.25) is 9.59 Å². The Morgan fingerprint density at radius 3 is 2.30 bits per heavy atom. The maximum absolute atomic E-state index is 15.6. The smallest absolute Gasteiger partial charge is 0.349 e. The van der Waals surface area contributed by atoms with E-state index in [4.69, 9.17) is 13.9 Å². The minimum Gasteiger partial charge on any atom is -0.506 e. The van der Waals surface area contributed by atoms with Gasteiger partial charge >= 0.3 is 5.97 Å². The fourth-order valence-corrected chi connectivity index (χ4v) is 10.4. The third-order valence-electron chi connectivity index (χ3n) is 12.1. The van der Waals surface area contributed by atoms with E-state index < -0.39 is 31.8 Å². The van der Waals surface area contributed by atoms with Crippen LogP contribution in [0.5, 0.6) is 11.5 Å². The molecule has 0 saturated heterocycles. The molecule has 12 nitrogen and oxygen atoms in total. The van der Waals surface area contributed by atoms with Crippen molar-refractivity contribution in [3.63, 3.8) is 0 Å². The first-order chi connectivity index (χ1) is 28.9. The zero-order valence-electron chi connectivity index (χ0n) is 35.8. The van der Waals surface area contributed by atoms with Crippen molar-refractivity contribution >= 4 is 59.5 Å². The number of aromatic hydroxyl groups is 1. The molecule has 61 heavy (non-hydrogen) atoms. The van der Waals surface area contributed by atoms with Gasteiger partial charge in [0.15, 0.2) is 8.32 Å². The Morgan fingerprint density at radius 2 is 1.69 bits per heavy atom. The summed E-state index contributed by atoms with van der Waals surface area (Å²) in [5.41, 5.74) is -0.472. The normalized spacial score (nSPS) is 16.8. The van der Waals surface area contributed by atoms with Crippen molar-refractivity contribution in [3.05, 3.63) is 108 Å². The number of nitrogens with one attached hydrogen (secondary N) is 3. The molecular weight excluding hydrogens is 836 g/mol. The first-order valence-corrected chi connectivity index (χ1v) is 25.2. The summed E-state index contributed by atoms with van der Waals surface area (Å²) in [6.45, 7) is 11.8. The molecule has 3 heterocycles. The molecule has 1 aliphatic carbocycles. The molecule has 2 aromatic carbocycles. The third-order valence-corrected chi connectivity index (χ3v) is 18.5. The van der Waals surface area contributed by atoms with Crippen LogP contribution in [0.15, 0.2) is 76.2 Å². The molecule has 0 spiro atoms. The number of anilines is 1. The van der Waals surface area contributed by atoms with Gasteiger partial charge in [0, 0.05) is 55.2 Å². The standard InChI is InChI=1S/C45H57FN4O8S2Si/c1-44(2,3)61(6,7)58-37(31-16-18-35(51)42-32(31)17-19-40(52)49-42)27-47-26-28-24-33(46)34(25-36(28)56-5)48-41(53)20-21-50(4)29-12-14-30(15-13-29)57-43(54)45(55,38-10-8-22-59-38)39-11-9-23-60-39/h8-11,16-19,22-25,29-30,37,47,51,55H,12-15,20-21,26-27H2,1-7H3,(H,48,53)(H,49,52)/t29-,30-,37-/m0/s1. The molecule has 0 radical (unpaired) electrons. The molecular formula is C45H57FN4O8S2Si. The highest BCUT2D eigenvalue weighted by Gasteiger charge is 2.45. The largest absolute Gasteiger partial charge is 0.506 e. The number of phenols is 1. The molecule has 1 aliphatic rings. The number of aromatic amines is 1. The predicted octanol–water partition coefficient (Wildman–Crippen LogP) is 8.41. The predicted molar refractivity (Wildman–Crippen MR) is 242 cm³/mol. The van der Waals surface area contributed by atoms with E-state index in [1.165, 1.54) is 48.0 Å². The number of fused-ring (bicyclic) bond motifs is 1. The number of carbonyl (C=O) groups excluding carboxylic acids is 2. The number of benzene rings is 2. The number of rotatable bonds is 17. The number of aliphatic hydroxyl groups is 1. The van der Waals surface area contributed by atoms with Crippen LogP contribution in [-0.4, -0.2) is 79.7 Å². The molecule has 1 fully saturated rings. The number of H-pyrrole nitrogens is 1. The number of aromatic nitrogens is 1. The van der Waals surface area contributed by atoms with Crippen molar-refractivity contribution in [2.75, 3.05) is 32.6 Å². The monoisotopic (exact) mass is 892 g/mol. The van der Waals surface area contributed by atoms with E-state index in [-0.39, 0.29) is 53.1 Å². The van der Waals surface area contributed by atoms with Crippen LogP contribution >= 0.6 is 22.7 Å². The second kappa shape index (κ2) is 19.3. The van der Waals surface area contributed by atoms with Crippen molar-refractivity contribution in [1.29, 1.82) is 0 Å². The first kappa shape index (κ1) is 46.1. The Balaban J connectivity index is 1.02. The van der Waals surface area contributed by atoms with Gasteiger partial charge in [0.25, 0.3) is 0 Å². The maximum Gasteiger partial charge on any atom is 0.349 e. The van der Waals surface area contributed by atoms with Crippen LogP contribution in [0.3, 0.4) is 0 Å². The minimum atomic E-state index is -2.32. The summed E-state index contributed by atoms with van der Waals surface area (Å²) >= 11 is 2.62. The maximum atomic E-state index is 15.6. The van der Waals surface area contributed by atoms with Crippen LogP contribution in [0.2, 0.25) is 18.1 Å². The second-order valence-electron chi connectivity index (χ2n) is 17.2. The summed E-state index contributed by atoms with van der Waals surface area (Å²) in [5, 5.41) is 32.5. The molecule has 1 amide bonds. The number of nitrogens with zero attached hydrogens (tertiary/aromatic N) is 1. The molecule has 0 bridgehead atoms. The lowest BCUT2D eigenvalue weighted by Crippen LogP contribution is -2.43. The summed E-state index contributed by atoms with van der Waals surface area (Å²) in [4.78, 5) is 44.5. The lowest BCUT2D eigenvalue weighted by atomic mass is 9.91. The number of hydrogen-bond acceptors (Lipinski definition) is 12. The molecule has 5 N–H and O–H groups in total. The highest BCUT2D eigenvalue weighted by Crippen LogP contribution is 2.42. The van der Waals surface area contributed by atoms with E-state index >= 15 is 4.39 Å². The molecule has 1 saturated carbocycles. The summed E-state index contributed by atoms with van der Waals surface area (Å²) in [5.74, 6) is -1.24. The summed E-state index contributed by atoms with van der Waals surface area (Å²) < 4.78 is 34.0. The van der Waals surface area contributed by atoms with Crippen molar-refractivity contribution in [3.8, 4) is 11.5 Å². The van der Waals surface area contributed by atoms with E-state index in [9.17, 15) is 24.6 Å². The highest BCUT2D eigenvalue weighted by atomic mass is 32.1. The molecule has 16 heteroatoms. The number of methoxy groups -OCH3 is 1. The van der Waals surface area contributed by atoms with Crippen LogP contribution < -0.4 is 20.9 Å². The zero-order chi connectivity index (χ0) is 44.1. The van der Waals surface area contributed by atoms with Gasteiger partial charge in [0.1, 0.15) is 23.4 Å². The molecule has 0 aliphatic heterocycles. The average Bonchev–Trinajstić information content (AvgIpc) is 3.97. The highest BCUT2D eigenvalue weighted by molar-refractivity contribution is 7.12. The SMILES string of the molecule is COc1cc(NC(=O)CCN(C)[C@H]2CC[C@H](OC(=O)C(O)(c3cccs3)c3cccs3)CC2)c(F)cc1CNC[C@H](O[Si](C)(C)C(C)(C)C)c1ccc(O)c2[nH]c(=O)ccc12. The number of carbonyl (C=O) groups is 2. The Labute approximate surface area is 365 Å². The number of pyridine rings is 1. The van der Waals surface area contributed by atoms with E-state index in [2.05, 4.69) is 54.4 Å². The Hall–Kier alpha value is -4.42. The number of ether oxygens (including phenoxy) is 2. The van der Waals surface area contributed by atoms with Crippen LogP contribution in [0.4, 0.5) is 10.1 Å². The number of hydrogen-bond donors (Lipinski definition) is 5. The molecule has 0 unspecified atom stereocenters. The quantitative estimate of drug-likeness (QED) is 0.0453. The van der Waals surface area contributed by atoms with Crippen molar-refractivity contribution < 1.29 is 38.1 Å². The van der Waals surface area contributed by atoms with Gasteiger partial charge in [-0.05, 0) is 97.5 Å². The van der Waals surface area contributed by atoms with E-state index in [1.807, 2.05) is 17.8 Å². The van der Waals surface area contributed by atoms with Crippen molar-refractivity contribution in [2.45, 2.75) is 101 Å². The van der Waals surface area contributed by atoms with Gasteiger partial charge in [-0.2, -0.15) is 0 Å². The topological polar surface area (TPSA) is 162 Å². The van der Waals surface area contributed by atoms with Crippen molar-refractivity contribution in [1.82, 2.24) is 15.2 Å². The van der Waals surface area contributed by atoms with Crippen LogP contribution in [0.25, 0.3) is 10.9 Å². The number of amides is 1. The molecule has 5 aromatic rings. The summed E-state index contributed by atoms with van der Waals surface area (Å²) in [7, 11) is 1.12. The van der Waals surface area contributed by atoms with Gasteiger partial charge in [-0.15, -0.1) is 22.7 Å².